The molecule has 0 radical (unpaired) electrons. The first-order valence-corrected chi connectivity index (χ1v) is 16.0. The third kappa shape index (κ3) is 6.24. The average molecular weight is 673 g/mol. The van der Waals surface area contributed by atoms with Crippen LogP contribution < -0.4 is 19.8 Å². The van der Waals surface area contributed by atoms with Gasteiger partial charge in [-0.15, -0.1) is 24.0 Å². The predicted octanol–water partition coefficient (Wildman–Crippen LogP) is 5.77. The molecule has 0 atom stereocenters. The van der Waals surface area contributed by atoms with Crippen molar-refractivity contribution in [3.05, 3.63) is 35.4 Å². The number of hydrogen-bond acceptors (Lipinski definition) is 7. The molecule has 3 heterocycles. The van der Waals surface area contributed by atoms with E-state index in [-0.39, 0.29) is 30.0 Å². The number of piperidine rings is 1. The van der Waals surface area contributed by atoms with E-state index in [4.69, 9.17) is 4.74 Å². The summed E-state index contributed by atoms with van der Waals surface area (Å²) in [5, 5.41) is 3.42. The Bertz CT molecular complexity index is 1240. The fourth-order valence-electron chi connectivity index (χ4n) is 5.37. The zero-order valence-electron chi connectivity index (χ0n) is 22.9. The highest BCUT2D eigenvalue weighted by Gasteiger charge is 2.28. The number of fused-ring (bicyclic) bond motifs is 2. The molecule has 3 aliphatic rings. The Labute approximate surface area is 249 Å². The van der Waals surface area contributed by atoms with E-state index in [1.807, 2.05) is 11.8 Å². The zero-order valence-corrected chi connectivity index (χ0v) is 26.8. The van der Waals surface area contributed by atoms with Crippen LogP contribution in [-0.2, 0) is 27.6 Å². The molecule has 10 heteroatoms. The molecule has 2 aromatic rings. The van der Waals surface area contributed by atoms with E-state index >= 15 is 0 Å². The summed E-state index contributed by atoms with van der Waals surface area (Å²) in [4.78, 5) is 7.40. The number of nitrogens with zero attached hydrogens (tertiary/aromatic N) is 2. The quantitative estimate of drug-likeness (QED) is 0.309. The summed E-state index contributed by atoms with van der Waals surface area (Å²) in [6.45, 7) is 13.0. The second-order valence-electron chi connectivity index (χ2n) is 10.5. The molecule has 0 aliphatic carbocycles. The lowest BCUT2D eigenvalue weighted by molar-refractivity contribution is 0.122. The third-order valence-corrected chi connectivity index (χ3v) is 10.7. The summed E-state index contributed by atoms with van der Waals surface area (Å²) >= 11 is 1.87. The van der Waals surface area contributed by atoms with Crippen LogP contribution in [0.1, 0.15) is 51.7 Å². The molecular formula is C28H41IN4O3S2. The van der Waals surface area contributed by atoms with Gasteiger partial charge in [0.2, 0.25) is 10.0 Å². The maximum Gasteiger partial charge on any atom is 0.214 e. The molecule has 3 aliphatic heterocycles. The van der Waals surface area contributed by atoms with Crippen LogP contribution in [0.25, 0.3) is 0 Å². The minimum atomic E-state index is -3.24. The van der Waals surface area contributed by atoms with Crippen molar-refractivity contribution in [2.45, 2.75) is 74.5 Å². The molecule has 0 spiro atoms. The molecule has 0 amide bonds. The van der Waals surface area contributed by atoms with Gasteiger partial charge in [-0.25, -0.2) is 13.1 Å². The van der Waals surface area contributed by atoms with Crippen LogP contribution in [0.4, 0.5) is 22.7 Å². The molecule has 0 bridgehead atoms. The van der Waals surface area contributed by atoms with Crippen molar-refractivity contribution >= 4 is 68.5 Å². The fourth-order valence-corrected chi connectivity index (χ4v) is 7.51. The van der Waals surface area contributed by atoms with E-state index in [2.05, 4.69) is 58.0 Å². The van der Waals surface area contributed by atoms with Gasteiger partial charge in [-0.2, -0.15) is 0 Å². The van der Waals surface area contributed by atoms with Gasteiger partial charge in [0.25, 0.3) is 0 Å². The number of anilines is 4. The molecule has 38 heavy (non-hydrogen) atoms. The Kier molecular flexibility index (Phi) is 9.82. The van der Waals surface area contributed by atoms with Crippen LogP contribution >= 0.6 is 35.7 Å². The van der Waals surface area contributed by atoms with E-state index in [1.54, 1.807) is 13.8 Å². The second-order valence-corrected chi connectivity index (χ2v) is 13.8. The highest BCUT2D eigenvalue weighted by Crippen LogP contribution is 2.50. The van der Waals surface area contributed by atoms with Crippen LogP contribution in [0.3, 0.4) is 0 Å². The molecule has 5 rings (SSSR count). The number of halogens is 1. The van der Waals surface area contributed by atoms with Crippen LogP contribution in [-0.4, -0.2) is 59.1 Å². The summed E-state index contributed by atoms with van der Waals surface area (Å²) < 4.78 is 33.1. The van der Waals surface area contributed by atoms with E-state index < -0.39 is 15.3 Å². The standard InChI is InChI=1S/C28H40N4O3S2.HI/c1-5-20-15-23(31-9-7-22(8-10-31)30-37(33,34)19(3)4)17-25-27(20)29-28-21(6-2)16-24(18-26(28)36-25)32-11-13-35-14-12-32;/h15-19,22,29-30H,5-14H2,1-4H3;1H. The topological polar surface area (TPSA) is 73.9 Å². The molecule has 7 nitrogen and oxygen atoms in total. The minimum absolute atomic E-state index is 0. The van der Waals surface area contributed by atoms with E-state index in [1.165, 1.54) is 43.7 Å². The molecular weight excluding hydrogens is 631 g/mol. The highest BCUT2D eigenvalue weighted by atomic mass is 127. The molecule has 2 saturated heterocycles. The lowest BCUT2D eigenvalue weighted by atomic mass is 10.0. The van der Waals surface area contributed by atoms with Gasteiger partial charge in [0.05, 0.1) is 29.8 Å². The van der Waals surface area contributed by atoms with Crippen molar-refractivity contribution < 1.29 is 13.2 Å². The lowest BCUT2D eigenvalue weighted by Gasteiger charge is -2.36. The molecule has 210 valence electrons. The summed E-state index contributed by atoms with van der Waals surface area (Å²) in [5.41, 5.74) is 7.68. The highest BCUT2D eigenvalue weighted by molar-refractivity contribution is 14.0. The van der Waals surface area contributed by atoms with E-state index in [0.717, 1.165) is 65.1 Å². The molecule has 0 aromatic heterocycles. The molecule has 2 N–H and O–H groups in total. The number of benzene rings is 2. The normalized spacial score (nSPS) is 18.0. The van der Waals surface area contributed by atoms with Crippen LogP contribution in [0.2, 0.25) is 0 Å². The molecule has 0 unspecified atom stereocenters. The zero-order chi connectivity index (χ0) is 26.2. The number of aryl methyl sites for hydroxylation is 2. The van der Waals surface area contributed by atoms with E-state index in [9.17, 15) is 8.42 Å². The van der Waals surface area contributed by atoms with Crippen molar-refractivity contribution in [1.82, 2.24) is 4.72 Å². The number of ether oxygens (including phenoxy) is 1. The Morgan fingerprint density at radius 3 is 1.89 bits per heavy atom. The summed E-state index contributed by atoms with van der Waals surface area (Å²) in [6, 6.07) is 9.34. The number of sulfonamides is 1. The minimum Gasteiger partial charge on any atom is -0.378 e. The molecule has 2 fully saturated rings. The van der Waals surface area contributed by atoms with Crippen molar-refractivity contribution in [3.63, 3.8) is 0 Å². The number of rotatable bonds is 7. The van der Waals surface area contributed by atoms with Gasteiger partial charge in [-0.1, -0.05) is 25.6 Å². The first-order chi connectivity index (χ1) is 17.8. The summed E-state index contributed by atoms with van der Waals surface area (Å²) in [5.74, 6) is 0. The fraction of sp³-hybridized carbons (Fsp3) is 0.571. The van der Waals surface area contributed by atoms with Gasteiger partial charge < -0.3 is 19.9 Å². The van der Waals surface area contributed by atoms with Gasteiger partial charge in [0, 0.05) is 53.4 Å². The first-order valence-electron chi connectivity index (χ1n) is 13.7. The number of nitrogens with one attached hydrogen (secondary N) is 2. The maximum atomic E-state index is 12.3. The Balaban J connectivity index is 0.00000336. The second kappa shape index (κ2) is 12.5. The number of morpholine rings is 1. The van der Waals surface area contributed by atoms with Gasteiger partial charge >= 0.3 is 0 Å². The van der Waals surface area contributed by atoms with Crippen molar-refractivity contribution in [1.29, 1.82) is 0 Å². The monoisotopic (exact) mass is 672 g/mol. The molecule has 2 aromatic carbocycles. The smallest absolute Gasteiger partial charge is 0.214 e. The SMILES string of the molecule is CCc1cc(N2CCOCC2)cc2c1Nc1c(CC)cc(N3CCC(NS(=O)(=O)C(C)C)CC3)cc1S2.I. The Morgan fingerprint density at radius 2 is 1.42 bits per heavy atom. The average Bonchev–Trinajstić information content (AvgIpc) is 2.91. The van der Waals surface area contributed by atoms with Gasteiger partial charge in [0.1, 0.15) is 0 Å². The maximum absolute atomic E-state index is 12.3. The van der Waals surface area contributed by atoms with E-state index in [0.29, 0.717) is 0 Å². The lowest BCUT2D eigenvalue weighted by Crippen LogP contribution is -2.46. The predicted molar refractivity (Wildman–Crippen MR) is 170 cm³/mol. The largest absolute Gasteiger partial charge is 0.378 e. The van der Waals surface area contributed by atoms with Crippen LogP contribution in [0.15, 0.2) is 34.1 Å². The van der Waals surface area contributed by atoms with Crippen LogP contribution in [0.5, 0.6) is 0 Å². The van der Waals surface area contributed by atoms with Gasteiger partial charge in [0.15, 0.2) is 0 Å². The first kappa shape index (κ1) is 29.8. The Hall–Kier alpha value is -1.21. The number of hydrogen-bond donors (Lipinski definition) is 2. The van der Waals surface area contributed by atoms with Gasteiger partial charge in [-0.3, -0.25) is 0 Å². The Morgan fingerprint density at radius 1 is 0.921 bits per heavy atom. The van der Waals surface area contributed by atoms with Crippen LogP contribution in [0, 0.1) is 0 Å². The van der Waals surface area contributed by atoms with Crippen molar-refractivity contribution in [3.8, 4) is 0 Å². The summed E-state index contributed by atoms with van der Waals surface area (Å²) in [7, 11) is -3.24. The van der Waals surface area contributed by atoms with Crippen molar-refractivity contribution in [2.24, 2.45) is 0 Å². The molecule has 0 saturated carbocycles. The van der Waals surface area contributed by atoms with Gasteiger partial charge in [-0.05, 0) is 74.9 Å². The summed E-state index contributed by atoms with van der Waals surface area (Å²) in [6.07, 6.45) is 3.58. The van der Waals surface area contributed by atoms with Crippen molar-refractivity contribution in [2.75, 3.05) is 54.5 Å². The third-order valence-electron chi connectivity index (χ3n) is 7.76.